The summed E-state index contributed by atoms with van der Waals surface area (Å²) < 4.78 is 38.3. The van der Waals surface area contributed by atoms with Crippen LogP contribution in [-0.2, 0) is 23.4 Å². The zero-order chi connectivity index (χ0) is 31.6. The van der Waals surface area contributed by atoms with Gasteiger partial charge >= 0.3 is 13.7 Å². The third-order valence-corrected chi connectivity index (χ3v) is 9.44. The molecule has 0 bridgehead atoms. The normalized spacial score (nSPS) is 23.9. The molecule has 236 valence electrons. The fourth-order valence-electron chi connectivity index (χ4n) is 4.96. The van der Waals surface area contributed by atoms with E-state index < -0.39 is 56.0 Å². The highest BCUT2D eigenvalue weighted by Crippen LogP contribution is 2.48. The molecular weight excluding hydrogens is 615 g/mol. The Morgan fingerprint density at radius 3 is 2.82 bits per heavy atom. The molecule has 4 aromatic rings. The van der Waals surface area contributed by atoms with Crippen molar-refractivity contribution in [1.29, 1.82) is 0 Å². The third-order valence-electron chi connectivity index (χ3n) is 7.25. The number of aromatic amines is 1. The summed E-state index contributed by atoms with van der Waals surface area (Å²) in [6, 6.07) is 11.4. The SMILES string of the molecule is COC(=O)[C@H](CCSC)NP(=O)(OC[C@H]1O[C@@H](n2cnc3c(=O)[nH]c(N)nc32)[C@](C)(O)[C@@H]1O)Oc1cccc2ccccc12. The van der Waals surface area contributed by atoms with Crippen molar-refractivity contribution in [1.82, 2.24) is 24.6 Å². The number of aliphatic hydroxyl groups excluding tert-OH is 1. The number of carbonyl (C=O) groups excluding carboxylic acids is 1. The van der Waals surface area contributed by atoms with Crippen molar-refractivity contribution >= 4 is 53.4 Å². The van der Waals surface area contributed by atoms with Gasteiger partial charge in [0.05, 0.1) is 20.0 Å². The molecule has 1 saturated heterocycles. The number of benzene rings is 2. The van der Waals surface area contributed by atoms with E-state index in [0.29, 0.717) is 11.1 Å². The fraction of sp³-hybridized carbons (Fsp3) is 0.407. The summed E-state index contributed by atoms with van der Waals surface area (Å²) in [4.78, 5) is 35.4. The molecule has 1 aliphatic heterocycles. The Balaban J connectivity index is 1.44. The Kier molecular flexibility index (Phi) is 9.32. The van der Waals surface area contributed by atoms with Crippen LogP contribution in [0, 0.1) is 0 Å². The molecule has 15 nitrogen and oxygen atoms in total. The molecule has 2 aromatic carbocycles. The van der Waals surface area contributed by atoms with Crippen LogP contribution >= 0.6 is 19.5 Å². The van der Waals surface area contributed by atoms with Gasteiger partial charge in [-0.05, 0) is 36.8 Å². The van der Waals surface area contributed by atoms with E-state index in [0.717, 1.165) is 5.39 Å². The monoisotopic (exact) mass is 648 g/mol. The van der Waals surface area contributed by atoms with Gasteiger partial charge in [-0.25, -0.2) is 9.55 Å². The Bertz CT molecular complexity index is 1760. The van der Waals surface area contributed by atoms with Gasteiger partial charge in [0, 0.05) is 5.39 Å². The topological polar surface area (TPSA) is 213 Å². The third kappa shape index (κ3) is 6.33. The summed E-state index contributed by atoms with van der Waals surface area (Å²) in [7, 11) is -3.17. The number of imidazole rings is 1. The number of aromatic nitrogens is 4. The van der Waals surface area contributed by atoms with Crippen molar-refractivity contribution in [2.45, 2.75) is 43.4 Å². The summed E-state index contributed by atoms with van der Waals surface area (Å²) in [6.45, 7) is 0.785. The number of thioether (sulfide) groups is 1. The second-order valence-electron chi connectivity index (χ2n) is 10.3. The lowest BCUT2D eigenvalue weighted by Gasteiger charge is -2.27. The molecule has 0 aliphatic carbocycles. The van der Waals surface area contributed by atoms with Gasteiger partial charge in [-0.15, -0.1) is 0 Å². The van der Waals surface area contributed by atoms with Crippen LogP contribution < -0.4 is 20.9 Å². The van der Waals surface area contributed by atoms with E-state index in [-0.39, 0.29) is 29.3 Å². The van der Waals surface area contributed by atoms with Crippen LogP contribution in [-0.4, -0.2) is 85.3 Å². The summed E-state index contributed by atoms with van der Waals surface area (Å²) in [6.07, 6.45) is -0.765. The van der Waals surface area contributed by atoms with Crippen LogP contribution in [0.1, 0.15) is 19.6 Å². The first-order valence-corrected chi connectivity index (χ1v) is 16.5. The number of aliphatic hydroxyl groups is 2. The van der Waals surface area contributed by atoms with Crippen molar-refractivity contribution in [3.63, 3.8) is 0 Å². The maximum Gasteiger partial charge on any atom is 0.459 e. The molecule has 3 heterocycles. The first kappa shape index (κ1) is 31.9. The Morgan fingerprint density at radius 1 is 1.32 bits per heavy atom. The molecule has 0 spiro atoms. The predicted octanol–water partition coefficient (Wildman–Crippen LogP) is 1.95. The molecule has 0 radical (unpaired) electrons. The second kappa shape index (κ2) is 12.9. The van der Waals surface area contributed by atoms with E-state index in [2.05, 4.69) is 20.0 Å². The largest absolute Gasteiger partial charge is 0.468 e. The quantitative estimate of drug-likeness (QED) is 0.110. The van der Waals surface area contributed by atoms with Gasteiger partial charge in [-0.3, -0.25) is 23.7 Å². The number of nitrogens with two attached hydrogens (primary N) is 1. The Morgan fingerprint density at radius 2 is 2.07 bits per heavy atom. The minimum atomic E-state index is -4.39. The molecular formula is C27H33N6O9PS. The molecule has 6 atom stereocenters. The lowest BCUT2D eigenvalue weighted by Crippen LogP contribution is -2.44. The first-order chi connectivity index (χ1) is 21.0. The van der Waals surface area contributed by atoms with Crippen LogP contribution in [0.15, 0.2) is 53.6 Å². The number of hydrogen-bond donors (Lipinski definition) is 5. The van der Waals surface area contributed by atoms with Crippen molar-refractivity contribution in [3.8, 4) is 5.75 Å². The lowest BCUT2D eigenvalue weighted by atomic mass is 9.96. The van der Waals surface area contributed by atoms with Gasteiger partial charge in [0.15, 0.2) is 17.4 Å². The number of ether oxygens (including phenoxy) is 2. The predicted molar refractivity (Wildman–Crippen MR) is 163 cm³/mol. The van der Waals surface area contributed by atoms with Crippen molar-refractivity contribution in [2.75, 3.05) is 31.5 Å². The summed E-state index contributed by atoms with van der Waals surface area (Å²) in [5, 5.41) is 26.6. The summed E-state index contributed by atoms with van der Waals surface area (Å²) in [5.41, 5.74) is 3.13. The minimum Gasteiger partial charge on any atom is -0.468 e. The van der Waals surface area contributed by atoms with Gasteiger partial charge in [-0.2, -0.15) is 21.8 Å². The maximum absolute atomic E-state index is 14.4. The number of methoxy groups -OCH3 is 1. The zero-order valence-corrected chi connectivity index (χ0v) is 25.8. The van der Waals surface area contributed by atoms with Crippen LogP contribution in [0.4, 0.5) is 5.95 Å². The van der Waals surface area contributed by atoms with Crippen molar-refractivity contribution in [3.05, 3.63) is 59.1 Å². The van der Waals surface area contributed by atoms with E-state index in [1.54, 1.807) is 24.3 Å². The van der Waals surface area contributed by atoms with E-state index in [1.807, 2.05) is 24.5 Å². The fourth-order valence-corrected chi connectivity index (χ4v) is 6.99. The molecule has 5 rings (SSSR count). The average molecular weight is 649 g/mol. The molecule has 1 aliphatic rings. The average Bonchev–Trinajstić information content (AvgIpc) is 3.51. The number of nitrogens with zero attached hydrogens (tertiary/aromatic N) is 3. The van der Waals surface area contributed by atoms with Crippen LogP contribution in [0.25, 0.3) is 21.9 Å². The molecule has 2 aromatic heterocycles. The van der Waals surface area contributed by atoms with Gasteiger partial charge in [-0.1, -0.05) is 36.4 Å². The van der Waals surface area contributed by atoms with Crippen molar-refractivity contribution in [2.24, 2.45) is 0 Å². The van der Waals surface area contributed by atoms with Gasteiger partial charge in [0.1, 0.15) is 29.6 Å². The van der Waals surface area contributed by atoms with Gasteiger partial charge in [0.25, 0.3) is 5.56 Å². The molecule has 0 saturated carbocycles. The Labute approximate surface area is 255 Å². The number of fused-ring (bicyclic) bond motifs is 2. The molecule has 1 unspecified atom stereocenters. The lowest BCUT2D eigenvalue weighted by molar-refractivity contribution is -0.142. The van der Waals surface area contributed by atoms with Crippen LogP contribution in [0.5, 0.6) is 5.75 Å². The minimum absolute atomic E-state index is 0.0200. The highest BCUT2D eigenvalue weighted by Gasteiger charge is 2.54. The molecule has 0 amide bonds. The number of nitrogens with one attached hydrogen (secondary N) is 2. The van der Waals surface area contributed by atoms with E-state index in [9.17, 15) is 24.4 Å². The highest BCUT2D eigenvalue weighted by molar-refractivity contribution is 7.98. The van der Waals surface area contributed by atoms with E-state index in [4.69, 9.17) is 24.3 Å². The van der Waals surface area contributed by atoms with Crippen LogP contribution in [0.2, 0.25) is 0 Å². The highest BCUT2D eigenvalue weighted by atomic mass is 32.2. The van der Waals surface area contributed by atoms with Gasteiger partial charge < -0.3 is 29.9 Å². The molecule has 17 heteroatoms. The summed E-state index contributed by atoms with van der Waals surface area (Å²) >= 11 is 1.48. The zero-order valence-electron chi connectivity index (χ0n) is 24.1. The smallest absolute Gasteiger partial charge is 0.459 e. The maximum atomic E-state index is 14.4. The van der Waals surface area contributed by atoms with E-state index >= 15 is 0 Å². The van der Waals surface area contributed by atoms with Crippen molar-refractivity contribution < 1.29 is 38.1 Å². The van der Waals surface area contributed by atoms with E-state index in [1.165, 1.54) is 36.7 Å². The number of nitrogen functional groups attached to an aromatic ring is 1. The van der Waals surface area contributed by atoms with Gasteiger partial charge in [0.2, 0.25) is 5.95 Å². The molecule has 6 N–H and O–H groups in total. The second-order valence-corrected chi connectivity index (χ2v) is 13.0. The molecule has 44 heavy (non-hydrogen) atoms. The standard InChI is InChI=1S/C27H33N6O9PS/c1-27(37)21(34)19(41-25(27)33-14-29-20-22(33)30-26(28)31-23(20)35)13-40-43(38,32-17(11-12-44-3)24(36)39-2)42-18-10-6-8-15-7-4-5-9-16(15)18/h4-10,14,17,19,21,25,34,37H,11-13H2,1-3H3,(H,32,38)(H3,28,30,31,35)/t17-,19+,21+,25+,27+,43?/m0/s1. The number of anilines is 1. The molecule has 1 fully saturated rings. The first-order valence-electron chi connectivity index (χ1n) is 13.5. The van der Waals surface area contributed by atoms with Crippen LogP contribution in [0.3, 0.4) is 0 Å². The number of rotatable bonds is 12. The summed E-state index contributed by atoms with van der Waals surface area (Å²) in [5.74, 6) is -0.0835. The number of H-pyrrole nitrogens is 1. The number of esters is 1. The number of carbonyl (C=O) groups is 1. The Hall–Kier alpha value is -3.50. The number of hydrogen-bond acceptors (Lipinski definition) is 13.